The Balaban J connectivity index is 2.35. The molecular formula is C17H14Cl6NO6P. The van der Waals surface area contributed by atoms with E-state index in [1.54, 1.807) is 13.8 Å². The molecule has 14 heteroatoms. The lowest BCUT2D eigenvalue weighted by molar-refractivity contribution is 0.167. The number of halogens is 6. The van der Waals surface area contributed by atoms with E-state index in [4.69, 9.17) is 87.9 Å². The van der Waals surface area contributed by atoms with Crippen LogP contribution >= 0.6 is 77.4 Å². The number of phosphoric acid groups is 1. The highest BCUT2D eigenvalue weighted by molar-refractivity contribution is 7.49. The maximum atomic E-state index is 12.6. The second-order valence-electron chi connectivity index (χ2n) is 5.43. The fourth-order valence-electron chi connectivity index (χ4n) is 2.10. The van der Waals surface area contributed by atoms with Crippen LogP contribution in [0.1, 0.15) is 13.8 Å². The van der Waals surface area contributed by atoms with Crippen molar-refractivity contribution >= 4 is 89.2 Å². The molecule has 7 nitrogen and oxygen atoms in total. The summed E-state index contributed by atoms with van der Waals surface area (Å²) in [6.45, 7) is 3.20. The van der Waals surface area contributed by atoms with Crippen LogP contribution < -0.4 is 14.6 Å². The normalized spacial score (nSPS) is 11.4. The number of benzene rings is 2. The van der Waals surface area contributed by atoms with Crippen molar-refractivity contribution in [3.05, 3.63) is 48.3 Å². The maximum absolute atomic E-state index is 12.6. The average Bonchev–Trinajstić information content (AvgIpc) is 2.70. The number of amides is 1. The van der Waals surface area contributed by atoms with Gasteiger partial charge in [-0.3, -0.25) is 14.4 Å². The van der Waals surface area contributed by atoms with Gasteiger partial charge in [0.25, 0.3) is 0 Å². The molecule has 0 aliphatic heterocycles. The molecule has 0 aliphatic rings. The Bertz CT molecular complexity index is 998. The first-order chi connectivity index (χ1) is 14.5. The van der Waals surface area contributed by atoms with E-state index in [-0.39, 0.29) is 55.5 Å². The van der Waals surface area contributed by atoms with Gasteiger partial charge in [0.05, 0.1) is 23.9 Å². The molecule has 0 heterocycles. The fraction of sp³-hybridized carbons (Fsp3) is 0.235. The first-order valence-electron chi connectivity index (χ1n) is 8.41. The minimum absolute atomic E-state index is 0.0153. The molecule has 2 rings (SSSR count). The van der Waals surface area contributed by atoms with Gasteiger partial charge in [0.1, 0.15) is 20.1 Å². The molecule has 0 aromatic heterocycles. The molecule has 0 fully saturated rings. The third-order valence-corrected chi connectivity index (χ3v) is 7.08. The first-order valence-corrected chi connectivity index (χ1v) is 12.1. The highest BCUT2D eigenvalue weighted by Crippen LogP contribution is 2.57. The van der Waals surface area contributed by atoms with Crippen molar-refractivity contribution in [2.75, 3.05) is 18.5 Å². The number of hydrogen-bond donors (Lipinski definition) is 1. The van der Waals surface area contributed by atoms with Gasteiger partial charge in [0.15, 0.2) is 11.5 Å². The zero-order valence-electron chi connectivity index (χ0n) is 15.8. The second-order valence-corrected chi connectivity index (χ2v) is 9.38. The molecule has 0 spiro atoms. The lowest BCUT2D eigenvalue weighted by atomic mass is 10.3. The lowest BCUT2D eigenvalue weighted by Gasteiger charge is -2.20. The monoisotopic (exact) mass is 569 g/mol. The zero-order chi connectivity index (χ0) is 23.3. The van der Waals surface area contributed by atoms with Crippen LogP contribution in [0.5, 0.6) is 11.5 Å². The SMILES string of the molecule is CCOP(=O)(OCC)Oc1c(Cl)c(Cl)c(OC(=O)Nc2cc(Cl)ccc2Cl)c(Cl)c1Cl. The third kappa shape index (κ3) is 6.70. The van der Waals surface area contributed by atoms with E-state index in [1.807, 2.05) is 0 Å². The molecule has 2 aromatic rings. The predicted octanol–water partition coefficient (Wildman–Crippen LogP) is 8.78. The Labute approximate surface area is 208 Å². The van der Waals surface area contributed by atoms with E-state index < -0.39 is 13.9 Å². The van der Waals surface area contributed by atoms with Crippen molar-refractivity contribution in [2.45, 2.75) is 13.8 Å². The number of carbonyl (C=O) groups excluding carboxylic acids is 1. The fourth-order valence-corrected chi connectivity index (χ4v) is 4.74. The van der Waals surface area contributed by atoms with Gasteiger partial charge in [-0.25, -0.2) is 9.36 Å². The molecule has 1 amide bonds. The molecular weight excluding hydrogens is 558 g/mol. The van der Waals surface area contributed by atoms with Crippen LogP contribution in [0.3, 0.4) is 0 Å². The van der Waals surface area contributed by atoms with Crippen molar-refractivity contribution in [2.24, 2.45) is 0 Å². The van der Waals surface area contributed by atoms with Gasteiger partial charge in [-0.15, -0.1) is 0 Å². The summed E-state index contributed by atoms with van der Waals surface area (Å²) < 4.78 is 33.1. The van der Waals surface area contributed by atoms with E-state index in [0.717, 1.165) is 0 Å². The Hall–Kier alpha value is -0.600. The van der Waals surface area contributed by atoms with Crippen LogP contribution in [-0.4, -0.2) is 19.3 Å². The molecule has 0 atom stereocenters. The molecule has 2 aromatic carbocycles. The van der Waals surface area contributed by atoms with Crippen LogP contribution in [0.25, 0.3) is 0 Å². The van der Waals surface area contributed by atoms with E-state index in [1.165, 1.54) is 18.2 Å². The van der Waals surface area contributed by atoms with Crippen molar-refractivity contribution < 1.29 is 27.7 Å². The van der Waals surface area contributed by atoms with Crippen LogP contribution in [0.15, 0.2) is 18.2 Å². The maximum Gasteiger partial charge on any atom is 0.530 e. The average molecular weight is 572 g/mol. The summed E-state index contributed by atoms with van der Waals surface area (Å²) in [4.78, 5) is 12.3. The molecule has 0 bridgehead atoms. The van der Waals surface area contributed by atoms with Gasteiger partial charge >= 0.3 is 13.9 Å². The predicted molar refractivity (Wildman–Crippen MR) is 124 cm³/mol. The van der Waals surface area contributed by atoms with Crippen LogP contribution in [0, 0.1) is 0 Å². The Morgan fingerprint density at radius 2 is 1.42 bits per heavy atom. The zero-order valence-corrected chi connectivity index (χ0v) is 21.2. The van der Waals surface area contributed by atoms with Crippen LogP contribution in [0.4, 0.5) is 10.5 Å². The lowest BCUT2D eigenvalue weighted by Crippen LogP contribution is -2.17. The van der Waals surface area contributed by atoms with Gasteiger partial charge in [-0.1, -0.05) is 69.6 Å². The van der Waals surface area contributed by atoms with Gasteiger partial charge in [0, 0.05) is 5.02 Å². The van der Waals surface area contributed by atoms with Crippen molar-refractivity contribution in [3.63, 3.8) is 0 Å². The number of nitrogens with one attached hydrogen (secondary N) is 1. The second kappa shape index (κ2) is 11.5. The van der Waals surface area contributed by atoms with Crippen LogP contribution in [0.2, 0.25) is 30.1 Å². The van der Waals surface area contributed by atoms with Gasteiger partial charge < -0.3 is 9.26 Å². The summed E-state index contributed by atoms with van der Waals surface area (Å²) in [5.41, 5.74) is 0.179. The number of hydrogen-bond acceptors (Lipinski definition) is 6. The summed E-state index contributed by atoms with van der Waals surface area (Å²) in [6.07, 6.45) is -1.01. The van der Waals surface area contributed by atoms with Crippen molar-refractivity contribution in [3.8, 4) is 11.5 Å². The van der Waals surface area contributed by atoms with Gasteiger partial charge in [-0.2, -0.15) is 0 Å². The number of phosphoric ester groups is 1. The van der Waals surface area contributed by atoms with E-state index in [0.29, 0.717) is 5.02 Å². The van der Waals surface area contributed by atoms with Crippen molar-refractivity contribution in [1.29, 1.82) is 0 Å². The van der Waals surface area contributed by atoms with Gasteiger partial charge in [-0.05, 0) is 32.0 Å². The van der Waals surface area contributed by atoms with E-state index >= 15 is 0 Å². The molecule has 0 saturated heterocycles. The Kier molecular flexibility index (Phi) is 9.89. The van der Waals surface area contributed by atoms with E-state index in [9.17, 15) is 9.36 Å². The minimum atomic E-state index is -4.07. The van der Waals surface area contributed by atoms with Gasteiger partial charge in [0.2, 0.25) is 0 Å². The third-order valence-electron chi connectivity index (χ3n) is 3.32. The Morgan fingerprint density at radius 3 is 1.94 bits per heavy atom. The minimum Gasteiger partial charge on any atom is -0.407 e. The Morgan fingerprint density at radius 1 is 0.903 bits per heavy atom. The van der Waals surface area contributed by atoms with Crippen molar-refractivity contribution in [1.82, 2.24) is 0 Å². The number of carbonyl (C=O) groups is 1. The summed E-state index contributed by atoms with van der Waals surface area (Å²) >= 11 is 36.6. The molecule has 0 radical (unpaired) electrons. The standard InChI is InChI=1S/C17H14Cl6NO6P/c1-3-27-31(26,28-4-2)30-16-13(22)11(20)15(12(21)14(16)23)29-17(25)24-10-7-8(18)5-6-9(10)19/h5-7H,3-4H2,1-2H3,(H,24,25). The number of anilines is 1. The smallest absolute Gasteiger partial charge is 0.407 e. The molecule has 0 saturated carbocycles. The summed E-state index contributed by atoms with van der Waals surface area (Å²) in [5, 5.41) is 1.58. The quantitative estimate of drug-likeness (QED) is 0.252. The highest BCUT2D eigenvalue weighted by atomic mass is 35.5. The number of ether oxygens (including phenoxy) is 1. The summed E-state index contributed by atoms with van der Waals surface area (Å²) in [5.74, 6) is -0.738. The van der Waals surface area contributed by atoms with E-state index in [2.05, 4.69) is 5.32 Å². The largest absolute Gasteiger partial charge is 0.530 e. The topological polar surface area (TPSA) is 83.1 Å². The molecule has 0 unspecified atom stereocenters. The van der Waals surface area contributed by atoms with Crippen LogP contribution in [-0.2, 0) is 13.6 Å². The summed E-state index contributed by atoms with van der Waals surface area (Å²) in [6, 6.07) is 4.42. The first kappa shape index (κ1) is 26.7. The number of rotatable bonds is 8. The molecule has 170 valence electrons. The molecule has 0 aliphatic carbocycles. The highest BCUT2D eigenvalue weighted by Gasteiger charge is 2.33. The summed E-state index contributed by atoms with van der Waals surface area (Å²) in [7, 11) is -4.07. The molecule has 1 N–H and O–H groups in total. The molecule has 31 heavy (non-hydrogen) atoms.